The van der Waals surface area contributed by atoms with Crippen molar-refractivity contribution in [3.05, 3.63) is 34.9 Å². The van der Waals surface area contributed by atoms with Gasteiger partial charge < -0.3 is 5.73 Å². The second-order valence-electron chi connectivity index (χ2n) is 5.45. The molecule has 0 radical (unpaired) electrons. The van der Waals surface area contributed by atoms with E-state index in [1.807, 2.05) is 0 Å². The first-order chi connectivity index (χ1) is 9.21. The molecule has 19 heavy (non-hydrogen) atoms. The van der Waals surface area contributed by atoms with E-state index in [-0.39, 0.29) is 0 Å². The van der Waals surface area contributed by atoms with Gasteiger partial charge in [0.2, 0.25) is 0 Å². The fraction of sp³-hybridized carbons (Fsp3) is 0.647. The van der Waals surface area contributed by atoms with Crippen LogP contribution in [-0.2, 0) is 13.1 Å². The Labute approximate surface area is 119 Å². The predicted octanol–water partition coefficient (Wildman–Crippen LogP) is 3.86. The molecule has 0 aliphatic heterocycles. The number of hydrogen-bond acceptors (Lipinski definition) is 2. The summed E-state index contributed by atoms with van der Waals surface area (Å²) in [4.78, 5) is 2.59. The number of rotatable bonds is 9. The average molecular weight is 262 g/mol. The Balaban J connectivity index is 2.65. The Morgan fingerprint density at radius 1 is 1.05 bits per heavy atom. The van der Waals surface area contributed by atoms with Gasteiger partial charge in [0.15, 0.2) is 0 Å². The summed E-state index contributed by atoms with van der Waals surface area (Å²) in [5.74, 6) is 0. The normalized spacial score (nSPS) is 11.2. The van der Waals surface area contributed by atoms with Gasteiger partial charge in [-0.25, -0.2) is 0 Å². The zero-order valence-electron chi connectivity index (χ0n) is 12.9. The van der Waals surface area contributed by atoms with Crippen molar-refractivity contribution in [2.75, 3.05) is 13.1 Å². The first-order valence-electron chi connectivity index (χ1n) is 7.72. The molecule has 2 N–H and O–H groups in total. The molecule has 0 aliphatic carbocycles. The highest BCUT2D eigenvalue weighted by Crippen LogP contribution is 2.14. The quantitative estimate of drug-likeness (QED) is 0.732. The van der Waals surface area contributed by atoms with Crippen LogP contribution < -0.4 is 5.73 Å². The van der Waals surface area contributed by atoms with Crippen LogP contribution in [0.25, 0.3) is 0 Å². The van der Waals surface area contributed by atoms with Crippen molar-refractivity contribution >= 4 is 0 Å². The van der Waals surface area contributed by atoms with E-state index in [2.05, 4.69) is 43.9 Å². The maximum absolute atomic E-state index is 5.69. The van der Waals surface area contributed by atoms with E-state index in [0.29, 0.717) is 6.54 Å². The highest BCUT2D eigenvalue weighted by atomic mass is 15.1. The van der Waals surface area contributed by atoms with Crippen molar-refractivity contribution < 1.29 is 0 Å². The van der Waals surface area contributed by atoms with Gasteiger partial charge in [-0.3, -0.25) is 4.90 Å². The van der Waals surface area contributed by atoms with Crippen LogP contribution in [0.15, 0.2) is 18.2 Å². The van der Waals surface area contributed by atoms with E-state index < -0.39 is 0 Å². The molecular formula is C17H30N2. The molecule has 0 aromatic heterocycles. The first-order valence-corrected chi connectivity index (χ1v) is 7.72. The van der Waals surface area contributed by atoms with E-state index in [0.717, 1.165) is 6.54 Å². The molecule has 0 fully saturated rings. The molecule has 0 aliphatic rings. The third-order valence-electron chi connectivity index (χ3n) is 3.69. The zero-order chi connectivity index (χ0) is 14.1. The number of nitrogens with zero attached hydrogens (tertiary/aromatic N) is 1. The molecular weight excluding hydrogens is 232 g/mol. The lowest BCUT2D eigenvalue weighted by Gasteiger charge is -2.23. The lowest BCUT2D eigenvalue weighted by Crippen LogP contribution is -2.26. The number of benzene rings is 1. The van der Waals surface area contributed by atoms with Crippen LogP contribution in [0.5, 0.6) is 0 Å². The van der Waals surface area contributed by atoms with E-state index >= 15 is 0 Å². The first kappa shape index (κ1) is 16.2. The van der Waals surface area contributed by atoms with Crippen LogP contribution in [-0.4, -0.2) is 18.0 Å². The second kappa shape index (κ2) is 9.11. The molecule has 108 valence electrons. The van der Waals surface area contributed by atoms with E-state index in [1.54, 1.807) is 0 Å². The summed E-state index contributed by atoms with van der Waals surface area (Å²) in [6.07, 6.45) is 5.13. The molecule has 1 aromatic rings. The Morgan fingerprint density at radius 3 is 2.16 bits per heavy atom. The summed E-state index contributed by atoms with van der Waals surface area (Å²) < 4.78 is 0. The smallest absolute Gasteiger partial charge is 0.0236 e. The number of aryl methyl sites for hydroxylation is 1. The molecule has 0 saturated heterocycles. The van der Waals surface area contributed by atoms with E-state index in [1.165, 1.54) is 55.5 Å². The van der Waals surface area contributed by atoms with Gasteiger partial charge in [-0.1, -0.05) is 44.9 Å². The Bertz CT molecular complexity index is 352. The van der Waals surface area contributed by atoms with Crippen LogP contribution in [0.1, 0.15) is 56.2 Å². The highest BCUT2D eigenvalue weighted by Gasteiger charge is 2.07. The van der Waals surface area contributed by atoms with Crippen LogP contribution >= 0.6 is 0 Å². The summed E-state index contributed by atoms with van der Waals surface area (Å²) in [6, 6.07) is 6.65. The molecule has 1 rings (SSSR count). The van der Waals surface area contributed by atoms with Gasteiger partial charge >= 0.3 is 0 Å². The summed E-state index contributed by atoms with van der Waals surface area (Å²) >= 11 is 0. The van der Waals surface area contributed by atoms with Crippen LogP contribution in [0.3, 0.4) is 0 Å². The molecule has 0 amide bonds. The Hall–Kier alpha value is -0.860. The molecule has 0 heterocycles. The fourth-order valence-electron chi connectivity index (χ4n) is 2.34. The summed E-state index contributed by atoms with van der Waals surface area (Å²) in [6.45, 7) is 10.9. The van der Waals surface area contributed by atoms with Crippen molar-refractivity contribution in [3.63, 3.8) is 0 Å². The molecule has 0 saturated carbocycles. The average Bonchev–Trinajstić information content (AvgIpc) is 2.43. The molecule has 0 atom stereocenters. The fourth-order valence-corrected chi connectivity index (χ4v) is 2.34. The summed E-state index contributed by atoms with van der Waals surface area (Å²) in [5.41, 5.74) is 9.75. The van der Waals surface area contributed by atoms with Gasteiger partial charge in [0.1, 0.15) is 0 Å². The zero-order valence-corrected chi connectivity index (χ0v) is 12.9. The molecule has 1 aromatic carbocycles. The number of hydrogen-bond donors (Lipinski definition) is 1. The minimum Gasteiger partial charge on any atom is -0.326 e. The lowest BCUT2D eigenvalue weighted by molar-refractivity contribution is 0.256. The SMILES string of the molecule is CCCCN(CCCC)Cc1ccc(CN)cc1C. The van der Waals surface area contributed by atoms with Crippen LogP contribution in [0.4, 0.5) is 0 Å². The van der Waals surface area contributed by atoms with Gasteiger partial charge in [0.25, 0.3) is 0 Å². The monoisotopic (exact) mass is 262 g/mol. The molecule has 2 heteroatoms. The third-order valence-corrected chi connectivity index (χ3v) is 3.69. The maximum atomic E-state index is 5.69. The minimum atomic E-state index is 0.635. The maximum Gasteiger partial charge on any atom is 0.0236 e. The van der Waals surface area contributed by atoms with Crippen LogP contribution in [0.2, 0.25) is 0 Å². The van der Waals surface area contributed by atoms with E-state index in [4.69, 9.17) is 5.73 Å². The van der Waals surface area contributed by atoms with Gasteiger partial charge in [-0.05, 0) is 49.5 Å². The topological polar surface area (TPSA) is 29.3 Å². The second-order valence-corrected chi connectivity index (χ2v) is 5.45. The van der Waals surface area contributed by atoms with Crippen LogP contribution in [0, 0.1) is 6.92 Å². The number of nitrogens with two attached hydrogens (primary N) is 1. The van der Waals surface area contributed by atoms with Gasteiger partial charge in [-0.2, -0.15) is 0 Å². The largest absolute Gasteiger partial charge is 0.326 e. The van der Waals surface area contributed by atoms with Gasteiger partial charge in [-0.15, -0.1) is 0 Å². The lowest BCUT2D eigenvalue weighted by atomic mass is 10.0. The number of unbranched alkanes of at least 4 members (excludes halogenated alkanes) is 2. The van der Waals surface area contributed by atoms with E-state index in [9.17, 15) is 0 Å². The Morgan fingerprint density at radius 2 is 1.68 bits per heavy atom. The Kier molecular flexibility index (Phi) is 7.76. The molecule has 0 unspecified atom stereocenters. The van der Waals surface area contributed by atoms with Crippen molar-refractivity contribution in [3.8, 4) is 0 Å². The molecule has 0 spiro atoms. The molecule has 2 nitrogen and oxygen atoms in total. The van der Waals surface area contributed by atoms with Gasteiger partial charge in [0.05, 0.1) is 0 Å². The standard InChI is InChI=1S/C17H30N2/c1-4-6-10-19(11-7-5-2)14-17-9-8-16(13-18)12-15(17)3/h8-9,12H,4-7,10-11,13-14,18H2,1-3H3. The van der Waals surface area contributed by atoms with Crippen molar-refractivity contribution in [1.29, 1.82) is 0 Å². The van der Waals surface area contributed by atoms with Gasteiger partial charge in [0, 0.05) is 13.1 Å². The minimum absolute atomic E-state index is 0.635. The summed E-state index contributed by atoms with van der Waals surface area (Å²) in [7, 11) is 0. The predicted molar refractivity (Wildman–Crippen MR) is 84.2 cm³/mol. The van der Waals surface area contributed by atoms with Crippen molar-refractivity contribution in [2.24, 2.45) is 5.73 Å². The highest BCUT2D eigenvalue weighted by molar-refractivity contribution is 5.30. The van der Waals surface area contributed by atoms with Crippen molar-refractivity contribution in [2.45, 2.75) is 59.5 Å². The molecule has 0 bridgehead atoms. The summed E-state index contributed by atoms with van der Waals surface area (Å²) in [5, 5.41) is 0. The third kappa shape index (κ3) is 5.75. The van der Waals surface area contributed by atoms with Crippen molar-refractivity contribution in [1.82, 2.24) is 4.90 Å².